The number of hydrogen-bond donors (Lipinski definition) is 1. The topological polar surface area (TPSA) is 29.5 Å². The van der Waals surface area contributed by atoms with Crippen LogP contribution in [-0.2, 0) is 6.61 Å². The Balaban J connectivity index is 2.28. The van der Waals surface area contributed by atoms with Gasteiger partial charge >= 0.3 is 0 Å². The maximum Gasteiger partial charge on any atom is 0.146 e. The molecule has 0 aromatic heterocycles. The van der Waals surface area contributed by atoms with E-state index < -0.39 is 0 Å². The number of ether oxygens (including phenoxy) is 1. The summed E-state index contributed by atoms with van der Waals surface area (Å²) >= 11 is 17.8. The molecular formula is C13H9Cl3O2. The van der Waals surface area contributed by atoms with Gasteiger partial charge in [-0.15, -0.1) is 0 Å². The average Bonchev–Trinajstić information content (AvgIpc) is 2.34. The molecule has 0 bridgehead atoms. The molecule has 2 aromatic carbocycles. The van der Waals surface area contributed by atoms with Crippen LogP contribution in [0.4, 0.5) is 0 Å². The van der Waals surface area contributed by atoms with Crippen molar-refractivity contribution in [2.75, 3.05) is 0 Å². The van der Waals surface area contributed by atoms with Crippen molar-refractivity contribution >= 4 is 34.8 Å². The fraction of sp³-hybridized carbons (Fsp3) is 0.0769. The van der Waals surface area contributed by atoms with Crippen molar-refractivity contribution in [3.63, 3.8) is 0 Å². The zero-order chi connectivity index (χ0) is 13.1. The Morgan fingerprint density at radius 1 is 0.889 bits per heavy atom. The summed E-state index contributed by atoms with van der Waals surface area (Å²) in [4.78, 5) is 0. The van der Waals surface area contributed by atoms with Gasteiger partial charge in [0.25, 0.3) is 0 Å². The lowest BCUT2D eigenvalue weighted by Gasteiger charge is -2.10. The summed E-state index contributed by atoms with van der Waals surface area (Å²) in [7, 11) is 0. The molecule has 0 saturated heterocycles. The molecule has 2 aromatic rings. The molecule has 0 aliphatic heterocycles. The van der Waals surface area contributed by atoms with E-state index in [0.29, 0.717) is 26.6 Å². The van der Waals surface area contributed by atoms with Crippen LogP contribution in [0.5, 0.6) is 11.5 Å². The molecule has 0 unspecified atom stereocenters. The number of aliphatic hydroxyl groups is 1. The van der Waals surface area contributed by atoms with Gasteiger partial charge in [0, 0.05) is 5.02 Å². The van der Waals surface area contributed by atoms with Crippen LogP contribution in [0.2, 0.25) is 15.1 Å². The highest BCUT2D eigenvalue weighted by atomic mass is 35.5. The van der Waals surface area contributed by atoms with Gasteiger partial charge in [-0.2, -0.15) is 0 Å². The molecule has 2 rings (SSSR count). The molecule has 2 nitrogen and oxygen atoms in total. The Hall–Kier alpha value is -0.930. The summed E-state index contributed by atoms with van der Waals surface area (Å²) in [5.41, 5.74) is 0.717. The van der Waals surface area contributed by atoms with E-state index in [-0.39, 0.29) is 6.61 Å². The van der Waals surface area contributed by atoms with Crippen molar-refractivity contribution in [1.82, 2.24) is 0 Å². The van der Waals surface area contributed by atoms with E-state index >= 15 is 0 Å². The fourth-order valence-electron chi connectivity index (χ4n) is 1.40. The maximum atomic E-state index is 8.98. The first kappa shape index (κ1) is 13.5. The first-order valence-corrected chi connectivity index (χ1v) is 6.25. The number of halogens is 3. The highest BCUT2D eigenvalue weighted by Gasteiger charge is 2.07. The van der Waals surface area contributed by atoms with E-state index in [1.807, 2.05) is 0 Å². The first-order chi connectivity index (χ1) is 8.60. The maximum absolute atomic E-state index is 8.98. The second-order valence-electron chi connectivity index (χ2n) is 3.60. The number of rotatable bonds is 3. The molecule has 0 heterocycles. The monoisotopic (exact) mass is 302 g/mol. The van der Waals surface area contributed by atoms with E-state index in [4.69, 9.17) is 44.6 Å². The van der Waals surface area contributed by atoms with Crippen LogP contribution < -0.4 is 4.74 Å². The summed E-state index contributed by atoms with van der Waals surface area (Å²) in [6, 6.07) is 9.98. The van der Waals surface area contributed by atoms with Gasteiger partial charge < -0.3 is 9.84 Å². The van der Waals surface area contributed by atoms with Crippen LogP contribution in [0.3, 0.4) is 0 Å². The van der Waals surface area contributed by atoms with Gasteiger partial charge in [0.2, 0.25) is 0 Å². The Labute approximate surface area is 120 Å². The predicted molar refractivity (Wildman–Crippen MR) is 73.9 cm³/mol. The lowest BCUT2D eigenvalue weighted by molar-refractivity contribution is 0.281. The summed E-state index contributed by atoms with van der Waals surface area (Å²) in [5, 5.41) is 10.3. The average molecular weight is 304 g/mol. The summed E-state index contributed by atoms with van der Waals surface area (Å²) in [5.74, 6) is 0.942. The van der Waals surface area contributed by atoms with E-state index in [9.17, 15) is 0 Å². The Morgan fingerprint density at radius 2 is 1.50 bits per heavy atom. The van der Waals surface area contributed by atoms with Crippen molar-refractivity contribution in [2.24, 2.45) is 0 Å². The molecule has 0 amide bonds. The quantitative estimate of drug-likeness (QED) is 0.871. The molecule has 0 aliphatic rings. The molecule has 0 spiro atoms. The van der Waals surface area contributed by atoms with Crippen LogP contribution in [0.1, 0.15) is 5.56 Å². The zero-order valence-corrected chi connectivity index (χ0v) is 11.4. The molecule has 0 saturated carbocycles. The van der Waals surface area contributed by atoms with E-state index in [0.717, 1.165) is 5.56 Å². The fourth-order valence-corrected chi connectivity index (χ4v) is 2.09. The highest BCUT2D eigenvalue weighted by molar-refractivity contribution is 6.35. The minimum Gasteiger partial charge on any atom is -0.454 e. The van der Waals surface area contributed by atoms with E-state index in [1.165, 1.54) is 0 Å². The van der Waals surface area contributed by atoms with Crippen molar-refractivity contribution in [3.05, 3.63) is 57.0 Å². The minimum atomic E-state index is -0.0678. The van der Waals surface area contributed by atoms with Gasteiger partial charge in [-0.1, -0.05) is 40.9 Å². The van der Waals surface area contributed by atoms with Gasteiger partial charge in [-0.05, 0) is 35.9 Å². The molecule has 0 aliphatic carbocycles. The molecular weight excluding hydrogens is 294 g/mol. The molecule has 0 radical (unpaired) electrons. The smallest absolute Gasteiger partial charge is 0.146 e. The third-order valence-corrected chi connectivity index (χ3v) is 3.12. The van der Waals surface area contributed by atoms with E-state index in [2.05, 4.69) is 0 Å². The van der Waals surface area contributed by atoms with Gasteiger partial charge in [0.05, 0.1) is 16.7 Å². The molecule has 0 fully saturated rings. The number of hydrogen-bond acceptors (Lipinski definition) is 2. The Morgan fingerprint density at radius 3 is 2.06 bits per heavy atom. The van der Waals surface area contributed by atoms with Gasteiger partial charge in [0.15, 0.2) is 0 Å². The van der Waals surface area contributed by atoms with Gasteiger partial charge in [0.1, 0.15) is 11.5 Å². The summed E-state index contributed by atoms with van der Waals surface area (Å²) in [6.45, 7) is -0.0678. The van der Waals surface area contributed by atoms with Crippen LogP contribution in [-0.4, -0.2) is 5.11 Å². The third kappa shape index (κ3) is 3.09. The SMILES string of the molecule is OCc1ccc(Oc2ccc(Cl)cc2Cl)c(Cl)c1. The zero-order valence-electron chi connectivity index (χ0n) is 9.16. The van der Waals surface area contributed by atoms with Crippen molar-refractivity contribution in [2.45, 2.75) is 6.61 Å². The second-order valence-corrected chi connectivity index (χ2v) is 4.85. The van der Waals surface area contributed by atoms with Crippen LogP contribution in [0.15, 0.2) is 36.4 Å². The first-order valence-electron chi connectivity index (χ1n) is 5.12. The minimum absolute atomic E-state index is 0.0678. The second kappa shape index (κ2) is 5.81. The van der Waals surface area contributed by atoms with Crippen molar-refractivity contribution in [3.8, 4) is 11.5 Å². The van der Waals surface area contributed by atoms with Crippen molar-refractivity contribution < 1.29 is 9.84 Å². The lowest BCUT2D eigenvalue weighted by atomic mass is 10.2. The third-order valence-electron chi connectivity index (χ3n) is 2.29. The normalized spacial score (nSPS) is 10.4. The Bertz CT molecular complexity index is 570. The molecule has 5 heteroatoms. The summed E-state index contributed by atoms with van der Waals surface area (Å²) in [6.07, 6.45) is 0. The molecule has 1 N–H and O–H groups in total. The lowest BCUT2D eigenvalue weighted by Crippen LogP contribution is -1.89. The predicted octanol–water partition coefficient (Wildman–Crippen LogP) is 4.93. The van der Waals surface area contributed by atoms with Gasteiger partial charge in [-0.25, -0.2) is 0 Å². The van der Waals surface area contributed by atoms with Gasteiger partial charge in [-0.3, -0.25) is 0 Å². The Kier molecular flexibility index (Phi) is 4.36. The van der Waals surface area contributed by atoms with Crippen LogP contribution >= 0.6 is 34.8 Å². The van der Waals surface area contributed by atoms with E-state index in [1.54, 1.807) is 36.4 Å². The highest BCUT2D eigenvalue weighted by Crippen LogP contribution is 2.35. The standard InChI is InChI=1S/C13H9Cl3O2/c14-9-2-4-13(11(16)6-9)18-12-3-1-8(7-17)5-10(12)15/h1-6,17H,7H2. The largest absolute Gasteiger partial charge is 0.454 e. The van der Waals surface area contributed by atoms with Crippen LogP contribution in [0, 0.1) is 0 Å². The van der Waals surface area contributed by atoms with Crippen molar-refractivity contribution in [1.29, 1.82) is 0 Å². The molecule has 94 valence electrons. The molecule has 18 heavy (non-hydrogen) atoms. The number of benzene rings is 2. The van der Waals surface area contributed by atoms with Crippen LogP contribution in [0.25, 0.3) is 0 Å². The molecule has 0 atom stereocenters. The summed E-state index contributed by atoms with van der Waals surface area (Å²) < 4.78 is 5.59. The number of aliphatic hydroxyl groups excluding tert-OH is 1.